The van der Waals surface area contributed by atoms with Gasteiger partial charge in [0.15, 0.2) is 5.82 Å². The van der Waals surface area contributed by atoms with E-state index in [1.165, 1.54) is 17.7 Å². The molecular weight excluding hydrogens is 254 g/mol. The lowest BCUT2D eigenvalue weighted by Gasteiger charge is -2.17. The third kappa shape index (κ3) is 2.45. The molecule has 3 nitrogen and oxygen atoms in total. The van der Waals surface area contributed by atoms with Gasteiger partial charge in [-0.2, -0.15) is 0 Å². The summed E-state index contributed by atoms with van der Waals surface area (Å²) in [6.07, 6.45) is 6.52. The molecule has 3 rings (SSSR count). The first-order valence-electron chi connectivity index (χ1n) is 6.57. The van der Waals surface area contributed by atoms with Crippen molar-refractivity contribution in [2.45, 2.75) is 30.6 Å². The minimum absolute atomic E-state index is 0.661. The zero-order chi connectivity index (χ0) is 13.2. The van der Waals surface area contributed by atoms with E-state index < -0.39 is 0 Å². The molecule has 2 aromatic rings. The predicted molar refractivity (Wildman–Crippen MR) is 80.3 cm³/mol. The summed E-state index contributed by atoms with van der Waals surface area (Å²) in [6.45, 7) is 0. The van der Waals surface area contributed by atoms with Gasteiger partial charge in [0.2, 0.25) is 0 Å². The molecule has 98 valence electrons. The molecule has 0 amide bonds. The number of anilines is 1. The van der Waals surface area contributed by atoms with Gasteiger partial charge >= 0.3 is 0 Å². The van der Waals surface area contributed by atoms with Gasteiger partial charge in [-0.1, -0.05) is 12.1 Å². The Kier molecular flexibility index (Phi) is 3.42. The van der Waals surface area contributed by atoms with Crippen molar-refractivity contribution in [1.82, 2.24) is 9.97 Å². The number of nitrogens with two attached hydrogens (primary N) is 1. The monoisotopic (exact) mass is 271 g/mol. The molecule has 1 aliphatic rings. The number of nitrogens with zero attached hydrogens (tertiary/aromatic N) is 2. The van der Waals surface area contributed by atoms with Gasteiger partial charge in [0.05, 0.1) is 0 Å². The number of fused-ring (bicyclic) bond motifs is 1. The van der Waals surface area contributed by atoms with Crippen LogP contribution in [-0.2, 0) is 12.8 Å². The summed E-state index contributed by atoms with van der Waals surface area (Å²) < 4.78 is 0. The summed E-state index contributed by atoms with van der Waals surface area (Å²) in [5, 5.41) is 0. The molecule has 1 aromatic carbocycles. The molecule has 0 unspecified atom stereocenters. The summed E-state index contributed by atoms with van der Waals surface area (Å²) >= 11 is 1.73. The molecule has 0 saturated heterocycles. The van der Waals surface area contributed by atoms with Crippen molar-refractivity contribution in [3.63, 3.8) is 0 Å². The molecule has 0 radical (unpaired) electrons. The standard InChI is InChI=1S/C15H17N3S/c1-19-11-8-6-10(7-9-11)15-17-13-5-3-2-4-12(13)14(16)18-15/h6-9H,2-5H2,1H3,(H2,16,17,18). The Bertz CT molecular complexity index is 593. The van der Waals surface area contributed by atoms with Gasteiger partial charge in [0.1, 0.15) is 5.82 Å². The Hall–Kier alpha value is -1.55. The van der Waals surface area contributed by atoms with Gasteiger partial charge in [-0.15, -0.1) is 11.8 Å². The number of aryl methyl sites for hydroxylation is 1. The van der Waals surface area contributed by atoms with Crippen LogP contribution >= 0.6 is 11.8 Å². The fourth-order valence-electron chi connectivity index (χ4n) is 2.49. The second kappa shape index (κ2) is 5.21. The Labute approximate surface area is 117 Å². The van der Waals surface area contributed by atoms with E-state index >= 15 is 0 Å². The minimum Gasteiger partial charge on any atom is -0.383 e. The number of benzene rings is 1. The maximum Gasteiger partial charge on any atom is 0.161 e. The van der Waals surface area contributed by atoms with Crippen molar-refractivity contribution < 1.29 is 0 Å². The molecule has 0 atom stereocenters. The first kappa shape index (κ1) is 12.5. The van der Waals surface area contributed by atoms with Gasteiger partial charge in [-0.05, 0) is 44.1 Å². The summed E-state index contributed by atoms with van der Waals surface area (Å²) in [5.74, 6) is 1.42. The van der Waals surface area contributed by atoms with Crippen molar-refractivity contribution in [2.75, 3.05) is 12.0 Å². The van der Waals surface area contributed by atoms with Crippen molar-refractivity contribution >= 4 is 17.6 Å². The van der Waals surface area contributed by atoms with Crippen molar-refractivity contribution in [2.24, 2.45) is 0 Å². The average molecular weight is 271 g/mol. The number of thioether (sulfide) groups is 1. The van der Waals surface area contributed by atoms with Crippen LogP contribution < -0.4 is 5.73 Å². The van der Waals surface area contributed by atoms with Crippen molar-refractivity contribution in [3.8, 4) is 11.4 Å². The topological polar surface area (TPSA) is 51.8 Å². The lowest BCUT2D eigenvalue weighted by Crippen LogP contribution is -2.11. The first-order valence-corrected chi connectivity index (χ1v) is 7.80. The average Bonchev–Trinajstić information content (AvgIpc) is 2.47. The largest absolute Gasteiger partial charge is 0.383 e. The lowest BCUT2D eigenvalue weighted by atomic mass is 9.96. The van der Waals surface area contributed by atoms with Crippen LogP contribution in [0.2, 0.25) is 0 Å². The second-order valence-corrected chi connectivity index (χ2v) is 5.67. The van der Waals surface area contributed by atoms with Crippen molar-refractivity contribution in [3.05, 3.63) is 35.5 Å². The third-order valence-corrected chi connectivity index (χ3v) is 4.31. The highest BCUT2D eigenvalue weighted by molar-refractivity contribution is 7.98. The Morgan fingerprint density at radius 3 is 2.53 bits per heavy atom. The van der Waals surface area contributed by atoms with Crippen LogP contribution in [0.25, 0.3) is 11.4 Å². The third-order valence-electron chi connectivity index (χ3n) is 3.56. The molecular formula is C15H17N3S. The quantitative estimate of drug-likeness (QED) is 0.851. The summed E-state index contributed by atoms with van der Waals surface area (Å²) in [5.41, 5.74) is 9.42. The summed E-state index contributed by atoms with van der Waals surface area (Å²) in [7, 11) is 0. The molecule has 4 heteroatoms. The van der Waals surface area contributed by atoms with Gasteiger partial charge in [0, 0.05) is 21.7 Å². The molecule has 0 fully saturated rings. The van der Waals surface area contributed by atoms with Gasteiger partial charge < -0.3 is 5.73 Å². The van der Waals surface area contributed by atoms with Gasteiger partial charge in [-0.25, -0.2) is 9.97 Å². The number of hydrogen-bond donors (Lipinski definition) is 1. The second-order valence-electron chi connectivity index (χ2n) is 4.79. The molecule has 0 spiro atoms. The highest BCUT2D eigenvalue weighted by Gasteiger charge is 2.16. The first-order chi connectivity index (χ1) is 9.28. The normalized spacial score (nSPS) is 14.2. The molecule has 2 N–H and O–H groups in total. The number of aromatic nitrogens is 2. The van der Waals surface area contributed by atoms with Gasteiger partial charge in [0.25, 0.3) is 0 Å². The van der Waals surface area contributed by atoms with Crippen LogP contribution in [0.3, 0.4) is 0 Å². The molecule has 1 heterocycles. The van der Waals surface area contributed by atoms with E-state index in [4.69, 9.17) is 10.7 Å². The van der Waals surface area contributed by atoms with E-state index in [9.17, 15) is 0 Å². The van der Waals surface area contributed by atoms with E-state index in [1.54, 1.807) is 11.8 Å². The van der Waals surface area contributed by atoms with E-state index in [-0.39, 0.29) is 0 Å². The zero-order valence-electron chi connectivity index (χ0n) is 11.0. The molecule has 1 aromatic heterocycles. The Balaban J connectivity index is 2.02. The van der Waals surface area contributed by atoms with E-state index in [2.05, 4.69) is 35.5 Å². The molecule has 0 aliphatic heterocycles. The Morgan fingerprint density at radius 1 is 1.05 bits per heavy atom. The van der Waals surface area contributed by atoms with Crippen LogP contribution in [0.15, 0.2) is 29.2 Å². The van der Waals surface area contributed by atoms with Crippen LogP contribution in [-0.4, -0.2) is 16.2 Å². The number of nitrogen functional groups attached to an aromatic ring is 1. The fraction of sp³-hybridized carbons (Fsp3) is 0.333. The summed E-state index contributed by atoms with van der Waals surface area (Å²) in [4.78, 5) is 10.4. The highest BCUT2D eigenvalue weighted by atomic mass is 32.2. The molecule has 0 bridgehead atoms. The lowest BCUT2D eigenvalue weighted by molar-refractivity contribution is 0.666. The van der Waals surface area contributed by atoms with Crippen LogP contribution in [0, 0.1) is 0 Å². The molecule has 1 aliphatic carbocycles. The summed E-state index contributed by atoms with van der Waals surface area (Å²) in [6, 6.07) is 8.32. The van der Waals surface area contributed by atoms with Crippen LogP contribution in [0.4, 0.5) is 5.82 Å². The minimum atomic E-state index is 0.661. The highest BCUT2D eigenvalue weighted by Crippen LogP contribution is 2.27. The van der Waals surface area contributed by atoms with E-state index in [0.717, 1.165) is 35.5 Å². The number of rotatable bonds is 2. The number of hydrogen-bond acceptors (Lipinski definition) is 4. The zero-order valence-corrected chi connectivity index (χ0v) is 11.8. The predicted octanol–water partition coefficient (Wildman–Crippen LogP) is 3.33. The molecule has 0 saturated carbocycles. The van der Waals surface area contributed by atoms with E-state index in [1.807, 2.05) is 0 Å². The van der Waals surface area contributed by atoms with Crippen LogP contribution in [0.1, 0.15) is 24.1 Å². The maximum atomic E-state index is 6.08. The SMILES string of the molecule is CSc1ccc(-c2nc(N)c3c(n2)CCCC3)cc1. The fourth-order valence-corrected chi connectivity index (χ4v) is 2.90. The van der Waals surface area contributed by atoms with E-state index in [0.29, 0.717) is 5.82 Å². The maximum absolute atomic E-state index is 6.08. The smallest absolute Gasteiger partial charge is 0.161 e. The van der Waals surface area contributed by atoms with Gasteiger partial charge in [-0.3, -0.25) is 0 Å². The van der Waals surface area contributed by atoms with Crippen LogP contribution in [0.5, 0.6) is 0 Å². The molecule has 19 heavy (non-hydrogen) atoms. The van der Waals surface area contributed by atoms with Crippen molar-refractivity contribution in [1.29, 1.82) is 0 Å². The Morgan fingerprint density at radius 2 is 1.79 bits per heavy atom.